The van der Waals surface area contributed by atoms with Gasteiger partial charge in [-0.2, -0.15) is 0 Å². The van der Waals surface area contributed by atoms with Crippen molar-refractivity contribution >= 4 is 5.91 Å². The molecule has 0 aliphatic carbocycles. The maximum atomic E-state index is 12.4. The molecule has 286 valence electrons. The fourth-order valence-electron chi connectivity index (χ4n) is 6.57. The lowest BCUT2D eigenvalue weighted by molar-refractivity contribution is -0.132. The van der Waals surface area contributed by atoms with Gasteiger partial charge >= 0.3 is 0 Å². The minimum absolute atomic E-state index is 0.356. The van der Waals surface area contributed by atoms with E-state index in [4.69, 9.17) is 0 Å². The van der Waals surface area contributed by atoms with Crippen LogP contribution < -0.4 is 5.32 Å². The van der Waals surface area contributed by atoms with E-state index in [0.717, 1.165) is 57.8 Å². The lowest BCUT2D eigenvalue weighted by Crippen LogP contribution is -2.53. The van der Waals surface area contributed by atoms with Crippen LogP contribution in [0.2, 0.25) is 0 Å². The normalized spacial score (nSPS) is 14.4. The average Bonchev–Trinajstić information content (AvgIpc) is 3.09. The van der Waals surface area contributed by atoms with Crippen LogP contribution in [0.15, 0.2) is 12.2 Å². The Hall–Kier alpha value is -0.950. The van der Waals surface area contributed by atoms with Crippen LogP contribution in [0.1, 0.15) is 219 Å². The van der Waals surface area contributed by atoms with Gasteiger partial charge in [0.2, 0.25) is 5.91 Å². The van der Waals surface area contributed by atoms with Crippen LogP contribution in [-0.4, -0.2) is 57.3 Å². The van der Waals surface area contributed by atoms with E-state index < -0.39 is 36.9 Å². The molecule has 0 aliphatic heterocycles. The van der Waals surface area contributed by atoms with Crippen LogP contribution in [0.3, 0.4) is 0 Å². The summed E-state index contributed by atoms with van der Waals surface area (Å²) in [5, 5.41) is 43.5. The fourth-order valence-corrected chi connectivity index (χ4v) is 6.57. The van der Waals surface area contributed by atoms with Crippen molar-refractivity contribution < 1.29 is 25.2 Å². The summed E-state index contributed by atoms with van der Waals surface area (Å²) < 4.78 is 0. The zero-order chi connectivity index (χ0) is 35.3. The monoisotopic (exact) mass is 682 g/mol. The minimum atomic E-state index is -1.26. The van der Waals surface area contributed by atoms with Crippen LogP contribution in [0.4, 0.5) is 0 Å². The van der Waals surface area contributed by atoms with Crippen LogP contribution in [0.25, 0.3) is 0 Å². The number of allylic oxidation sites excluding steroid dienone is 2. The van der Waals surface area contributed by atoms with E-state index in [2.05, 4.69) is 31.3 Å². The van der Waals surface area contributed by atoms with Gasteiger partial charge in [0, 0.05) is 0 Å². The van der Waals surface area contributed by atoms with Crippen LogP contribution in [0, 0.1) is 0 Å². The summed E-state index contributed by atoms with van der Waals surface area (Å²) in [6.45, 7) is 4.01. The van der Waals surface area contributed by atoms with Gasteiger partial charge in [-0.25, -0.2) is 0 Å². The lowest BCUT2D eigenvalue weighted by Gasteiger charge is -2.27. The first-order chi connectivity index (χ1) is 23.5. The summed E-state index contributed by atoms with van der Waals surface area (Å²) in [5.41, 5.74) is 0. The zero-order valence-electron chi connectivity index (χ0n) is 32.0. The molecule has 0 aromatic carbocycles. The Morgan fingerprint density at radius 3 is 1.25 bits per heavy atom. The number of aliphatic hydroxyl groups excluding tert-OH is 4. The molecule has 4 unspecified atom stereocenters. The summed E-state index contributed by atoms with van der Waals surface area (Å²) in [6, 6.07) is -0.985. The second kappa shape index (κ2) is 37.3. The van der Waals surface area contributed by atoms with Crippen LogP contribution in [0.5, 0.6) is 0 Å². The van der Waals surface area contributed by atoms with E-state index >= 15 is 0 Å². The number of aliphatic hydroxyl groups is 4. The molecule has 4 atom stereocenters. The Kier molecular flexibility index (Phi) is 36.6. The number of unbranched alkanes of at least 4 members (excludes halogenated alkanes) is 27. The van der Waals surface area contributed by atoms with Crippen molar-refractivity contribution in [1.29, 1.82) is 0 Å². The lowest BCUT2D eigenvalue weighted by atomic mass is 9.99. The topological polar surface area (TPSA) is 110 Å². The summed E-state index contributed by atoms with van der Waals surface area (Å²) in [6.07, 6.45) is 39.6. The number of carbonyl (C=O) groups excluding carboxylic acids is 1. The summed E-state index contributed by atoms with van der Waals surface area (Å²) in [7, 11) is 0. The van der Waals surface area contributed by atoms with E-state index in [1.54, 1.807) is 0 Å². The van der Waals surface area contributed by atoms with E-state index in [0.29, 0.717) is 12.8 Å². The Bertz CT molecular complexity index is 687. The molecule has 0 bridgehead atoms. The maximum Gasteiger partial charge on any atom is 0.249 e. The molecule has 0 spiro atoms. The predicted octanol–water partition coefficient (Wildman–Crippen LogP) is 10.6. The van der Waals surface area contributed by atoms with Gasteiger partial charge in [-0.3, -0.25) is 4.79 Å². The third-order valence-corrected chi connectivity index (χ3v) is 9.98. The molecule has 0 saturated carbocycles. The number of nitrogens with one attached hydrogen (secondary N) is 1. The predicted molar refractivity (Wildman–Crippen MR) is 205 cm³/mol. The molecule has 0 aliphatic rings. The molecule has 1 amide bonds. The van der Waals surface area contributed by atoms with Gasteiger partial charge in [0.1, 0.15) is 12.2 Å². The third kappa shape index (κ3) is 31.1. The van der Waals surface area contributed by atoms with Crippen molar-refractivity contribution in [1.82, 2.24) is 5.32 Å². The number of hydrogen-bond donors (Lipinski definition) is 5. The summed E-state index contributed by atoms with van der Waals surface area (Å²) in [4.78, 5) is 12.4. The number of carbonyl (C=O) groups is 1. The van der Waals surface area contributed by atoms with Crippen molar-refractivity contribution in [2.75, 3.05) is 6.61 Å². The Labute approximate surface area is 298 Å². The highest BCUT2D eigenvalue weighted by Crippen LogP contribution is 2.17. The smallest absolute Gasteiger partial charge is 0.249 e. The maximum absolute atomic E-state index is 12.4. The molecule has 0 fully saturated rings. The van der Waals surface area contributed by atoms with Gasteiger partial charge in [0.25, 0.3) is 0 Å². The zero-order valence-corrected chi connectivity index (χ0v) is 32.0. The third-order valence-electron chi connectivity index (χ3n) is 9.98. The summed E-state index contributed by atoms with van der Waals surface area (Å²) >= 11 is 0. The van der Waals surface area contributed by atoms with Gasteiger partial charge in [0.05, 0.1) is 18.8 Å². The van der Waals surface area contributed by atoms with Crippen molar-refractivity contribution in [3.63, 3.8) is 0 Å². The van der Waals surface area contributed by atoms with E-state index in [1.807, 2.05) is 0 Å². The van der Waals surface area contributed by atoms with E-state index in [-0.39, 0.29) is 0 Å². The second-order valence-electron chi connectivity index (χ2n) is 14.7. The molecular weight excluding hydrogens is 598 g/mol. The van der Waals surface area contributed by atoms with Crippen molar-refractivity contribution in [2.45, 2.75) is 244 Å². The highest BCUT2D eigenvalue weighted by Gasteiger charge is 2.28. The first kappa shape index (κ1) is 47.0. The Morgan fingerprint density at radius 1 is 0.500 bits per heavy atom. The Balaban J connectivity index is 3.70. The largest absolute Gasteiger partial charge is 0.394 e. The van der Waals surface area contributed by atoms with Gasteiger partial charge in [0.15, 0.2) is 0 Å². The molecule has 0 aromatic heterocycles. The SMILES string of the molecule is CCCCC/C=C\CCCCCCC(O)C(=O)NC(CO)C(O)C(O)CCCCCCCCCCCCCCCCCCCCCCC. The minimum Gasteiger partial charge on any atom is -0.394 e. The van der Waals surface area contributed by atoms with Crippen molar-refractivity contribution in [2.24, 2.45) is 0 Å². The first-order valence-corrected chi connectivity index (χ1v) is 21.1. The van der Waals surface area contributed by atoms with Crippen LogP contribution in [-0.2, 0) is 4.79 Å². The second-order valence-corrected chi connectivity index (χ2v) is 14.7. The fraction of sp³-hybridized carbons (Fsp3) is 0.929. The summed E-state index contributed by atoms with van der Waals surface area (Å²) in [5.74, 6) is -0.593. The number of rotatable bonds is 38. The molecular formula is C42H83NO5. The number of hydrogen-bond acceptors (Lipinski definition) is 5. The number of amides is 1. The van der Waals surface area contributed by atoms with Gasteiger partial charge < -0.3 is 25.7 Å². The van der Waals surface area contributed by atoms with Gasteiger partial charge in [-0.05, 0) is 38.5 Å². The first-order valence-electron chi connectivity index (χ1n) is 21.1. The molecule has 6 heteroatoms. The highest BCUT2D eigenvalue weighted by atomic mass is 16.3. The molecule has 0 rings (SSSR count). The van der Waals surface area contributed by atoms with Gasteiger partial charge in [-0.15, -0.1) is 0 Å². The molecule has 0 heterocycles. The molecule has 6 nitrogen and oxygen atoms in total. The highest BCUT2D eigenvalue weighted by molar-refractivity contribution is 5.80. The molecule has 0 saturated heterocycles. The molecule has 48 heavy (non-hydrogen) atoms. The van der Waals surface area contributed by atoms with Crippen molar-refractivity contribution in [3.05, 3.63) is 12.2 Å². The standard InChI is InChI=1S/C42H83NO5/c1-3-5-7-9-11-13-15-16-17-18-19-20-21-22-23-24-26-27-29-31-33-35-39(45)41(47)38(37-44)43-42(48)40(46)36-34-32-30-28-25-14-12-10-8-6-4-2/h12,14,38-41,44-47H,3-11,13,15-37H2,1-2H3,(H,43,48)/b14-12-. The van der Waals surface area contributed by atoms with E-state index in [9.17, 15) is 25.2 Å². The molecule has 0 radical (unpaired) electrons. The van der Waals surface area contributed by atoms with Gasteiger partial charge in [-0.1, -0.05) is 193 Å². The molecule has 0 aromatic rings. The molecule has 5 N–H and O–H groups in total. The van der Waals surface area contributed by atoms with Crippen molar-refractivity contribution in [3.8, 4) is 0 Å². The quantitative estimate of drug-likeness (QED) is 0.0329. The van der Waals surface area contributed by atoms with Crippen LogP contribution >= 0.6 is 0 Å². The average molecular weight is 682 g/mol. The Morgan fingerprint density at radius 2 is 0.833 bits per heavy atom. The van der Waals surface area contributed by atoms with E-state index in [1.165, 1.54) is 135 Å².